The molecule has 0 unspecified atom stereocenters. The molecule has 0 N–H and O–H groups in total. The molecule has 0 saturated carbocycles. The zero-order valence-corrected chi connectivity index (χ0v) is 12.9. The van der Waals surface area contributed by atoms with Gasteiger partial charge in [0.25, 0.3) is 0 Å². The van der Waals surface area contributed by atoms with E-state index in [1.807, 2.05) is 0 Å². The summed E-state index contributed by atoms with van der Waals surface area (Å²) in [4.78, 5) is 15.8. The van der Waals surface area contributed by atoms with Gasteiger partial charge < -0.3 is 9.47 Å². The molecule has 0 fully saturated rings. The first-order valence-electron chi connectivity index (χ1n) is 7.22. The molecule has 110 valence electrons. The van der Waals surface area contributed by atoms with Crippen LogP contribution in [-0.4, -0.2) is 30.6 Å². The van der Waals surface area contributed by atoms with Crippen LogP contribution in [0.5, 0.6) is 0 Å². The number of esters is 1. The second kappa shape index (κ2) is 6.92. The normalized spacial score (nSPS) is 20.7. The summed E-state index contributed by atoms with van der Waals surface area (Å²) in [6, 6.07) is 0.145. The minimum atomic E-state index is -0.309. The number of hydrogen-bond acceptors (Lipinski definition) is 4. The Morgan fingerprint density at radius 1 is 1.47 bits per heavy atom. The summed E-state index contributed by atoms with van der Waals surface area (Å²) in [5, 5.41) is 0. The molecular weight excluding hydrogens is 242 g/mol. The molecule has 0 amide bonds. The highest BCUT2D eigenvalue weighted by Gasteiger charge is 2.34. The molecular formula is C15H27NO3. The van der Waals surface area contributed by atoms with Crippen molar-refractivity contribution in [2.45, 2.75) is 72.4 Å². The van der Waals surface area contributed by atoms with E-state index in [0.717, 1.165) is 25.7 Å². The van der Waals surface area contributed by atoms with Crippen molar-refractivity contribution in [1.82, 2.24) is 0 Å². The Kier molecular flexibility index (Phi) is 5.83. The number of hydrogen-bond donors (Lipinski definition) is 0. The maximum atomic E-state index is 11.2. The molecule has 0 aromatic heterocycles. The third-order valence-corrected chi connectivity index (χ3v) is 3.33. The predicted molar refractivity (Wildman–Crippen MR) is 76.3 cm³/mol. The van der Waals surface area contributed by atoms with Crippen LogP contribution >= 0.6 is 0 Å². The smallest absolute Gasteiger partial charge is 0.303 e. The van der Waals surface area contributed by atoms with Crippen LogP contribution in [0.25, 0.3) is 0 Å². The van der Waals surface area contributed by atoms with Crippen molar-refractivity contribution in [2.75, 3.05) is 6.61 Å². The Bertz CT molecular complexity index is 331. The van der Waals surface area contributed by atoms with E-state index in [0.29, 0.717) is 12.5 Å². The quantitative estimate of drug-likeness (QED) is 0.549. The van der Waals surface area contributed by atoms with E-state index < -0.39 is 0 Å². The Morgan fingerprint density at radius 2 is 2.16 bits per heavy atom. The number of carbonyl (C=O) groups excluding carboxylic acids is 1. The highest BCUT2D eigenvalue weighted by atomic mass is 16.6. The van der Waals surface area contributed by atoms with Crippen LogP contribution in [0.3, 0.4) is 0 Å². The summed E-state index contributed by atoms with van der Waals surface area (Å²) in [5.41, 5.74) is 0.0753. The van der Waals surface area contributed by atoms with Gasteiger partial charge in [-0.05, 0) is 18.3 Å². The number of unbranched alkanes of at least 4 members (excludes halogenated alkanes) is 2. The number of aliphatic imine (C=N–C) groups is 1. The van der Waals surface area contributed by atoms with Crippen LogP contribution in [0.4, 0.5) is 0 Å². The molecule has 0 spiro atoms. The molecule has 1 aliphatic rings. The number of rotatable bonds is 6. The summed E-state index contributed by atoms with van der Waals surface area (Å²) in [5.74, 6) is 0.332. The Labute approximate surface area is 116 Å². The van der Waals surface area contributed by atoms with E-state index in [2.05, 4.69) is 32.7 Å². The van der Waals surface area contributed by atoms with Crippen LogP contribution in [0.15, 0.2) is 4.99 Å². The average molecular weight is 269 g/mol. The average Bonchev–Trinajstić information content (AvgIpc) is 2.76. The standard InChI is InChI=1S/C15H27NO3/c1-6-7-8-9-12(19-11(2)17)14-16-13(10-18-14)15(3,4)5/h12-13H,6-10H2,1-5H3/t12-,13+/m0/s1. The van der Waals surface area contributed by atoms with Crippen molar-refractivity contribution in [1.29, 1.82) is 0 Å². The molecule has 0 aromatic rings. The lowest BCUT2D eigenvalue weighted by Crippen LogP contribution is -2.26. The number of ether oxygens (including phenoxy) is 2. The monoisotopic (exact) mass is 269 g/mol. The van der Waals surface area contributed by atoms with Gasteiger partial charge in [0.15, 0.2) is 6.10 Å². The molecule has 0 aliphatic carbocycles. The number of carbonyl (C=O) groups is 1. The summed E-state index contributed by atoms with van der Waals surface area (Å²) >= 11 is 0. The largest absolute Gasteiger partial charge is 0.476 e. The van der Waals surface area contributed by atoms with Gasteiger partial charge in [-0.15, -0.1) is 0 Å². The zero-order valence-electron chi connectivity index (χ0n) is 12.9. The maximum absolute atomic E-state index is 11.2. The molecule has 1 heterocycles. The first-order chi connectivity index (χ1) is 8.84. The van der Waals surface area contributed by atoms with E-state index in [1.54, 1.807) is 0 Å². The maximum Gasteiger partial charge on any atom is 0.303 e. The molecule has 4 heteroatoms. The highest BCUT2D eigenvalue weighted by Crippen LogP contribution is 2.27. The minimum Gasteiger partial charge on any atom is -0.476 e. The van der Waals surface area contributed by atoms with Gasteiger partial charge >= 0.3 is 5.97 Å². The molecule has 0 radical (unpaired) electrons. The van der Waals surface area contributed by atoms with E-state index in [9.17, 15) is 4.79 Å². The first kappa shape index (κ1) is 16.0. The van der Waals surface area contributed by atoms with Crippen molar-refractivity contribution < 1.29 is 14.3 Å². The van der Waals surface area contributed by atoms with Gasteiger partial charge in [-0.25, -0.2) is 4.99 Å². The summed E-state index contributed by atoms with van der Waals surface area (Å²) < 4.78 is 11.0. The van der Waals surface area contributed by atoms with Gasteiger partial charge in [0.05, 0.1) is 6.04 Å². The fourth-order valence-corrected chi connectivity index (χ4v) is 2.03. The Balaban J connectivity index is 2.67. The first-order valence-corrected chi connectivity index (χ1v) is 7.22. The lowest BCUT2D eigenvalue weighted by atomic mass is 9.88. The lowest BCUT2D eigenvalue weighted by Gasteiger charge is -2.21. The van der Waals surface area contributed by atoms with Crippen LogP contribution in [-0.2, 0) is 14.3 Å². The summed E-state index contributed by atoms with van der Waals surface area (Å²) in [7, 11) is 0. The van der Waals surface area contributed by atoms with Crippen LogP contribution in [0.2, 0.25) is 0 Å². The van der Waals surface area contributed by atoms with Crippen molar-refractivity contribution in [3.63, 3.8) is 0 Å². The van der Waals surface area contributed by atoms with Gasteiger partial charge in [0.2, 0.25) is 5.90 Å². The lowest BCUT2D eigenvalue weighted by molar-refractivity contribution is -0.144. The predicted octanol–water partition coefficient (Wildman–Crippen LogP) is 3.34. The molecule has 0 saturated heterocycles. The molecule has 2 atom stereocenters. The van der Waals surface area contributed by atoms with Crippen LogP contribution in [0, 0.1) is 5.41 Å². The summed E-state index contributed by atoms with van der Waals surface area (Å²) in [6.45, 7) is 10.6. The van der Waals surface area contributed by atoms with Gasteiger partial charge in [0, 0.05) is 6.92 Å². The fraction of sp³-hybridized carbons (Fsp3) is 0.867. The molecule has 0 aromatic carbocycles. The second-order valence-corrected chi connectivity index (χ2v) is 6.25. The highest BCUT2D eigenvalue weighted by molar-refractivity contribution is 5.84. The third-order valence-electron chi connectivity index (χ3n) is 3.33. The summed E-state index contributed by atoms with van der Waals surface area (Å²) in [6.07, 6.45) is 3.79. The molecule has 1 aliphatic heterocycles. The van der Waals surface area contributed by atoms with Gasteiger partial charge in [0.1, 0.15) is 6.61 Å². The van der Waals surface area contributed by atoms with E-state index in [1.165, 1.54) is 6.92 Å². The van der Waals surface area contributed by atoms with E-state index in [4.69, 9.17) is 9.47 Å². The Hall–Kier alpha value is -1.06. The molecule has 1 rings (SSSR count). The number of nitrogens with zero attached hydrogens (tertiary/aromatic N) is 1. The van der Waals surface area contributed by atoms with Gasteiger partial charge in [-0.2, -0.15) is 0 Å². The van der Waals surface area contributed by atoms with E-state index in [-0.39, 0.29) is 23.5 Å². The van der Waals surface area contributed by atoms with Crippen molar-refractivity contribution in [3.05, 3.63) is 0 Å². The third kappa shape index (κ3) is 5.21. The van der Waals surface area contributed by atoms with Crippen LogP contribution in [0.1, 0.15) is 60.3 Å². The topological polar surface area (TPSA) is 47.9 Å². The Morgan fingerprint density at radius 3 is 2.63 bits per heavy atom. The van der Waals surface area contributed by atoms with Gasteiger partial charge in [-0.1, -0.05) is 40.5 Å². The second-order valence-electron chi connectivity index (χ2n) is 6.25. The van der Waals surface area contributed by atoms with E-state index >= 15 is 0 Å². The fourth-order valence-electron chi connectivity index (χ4n) is 2.03. The SMILES string of the molecule is CCCCC[C@H](OC(C)=O)C1=N[C@@H](C(C)(C)C)CO1. The van der Waals surface area contributed by atoms with Crippen molar-refractivity contribution in [2.24, 2.45) is 10.4 Å². The minimum absolute atomic E-state index is 0.0753. The molecule has 4 nitrogen and oxygen atoms in total. The van der Waals surface area contributed by atoms with Crippen LogP contribution < -0.4 is 0 Å². The van der Waals surface area contributed by atoms with Crippen molar-refractivity contribution >= 4 is 11.9 Å². The van der Waals surface area contributed by atoms with Gasteiger partial charge in [-0.3, -0.25) is 4.79 Å². The molecule has 0 bridgehead atoms. The van der Waals surface area contributed by atoms with Crippen molar-refractivity contribution in [3.8, 4) is 0 Å². The zero-order chi connectivity index (χ0) is 14.5. The molecule has 19 heavy (non-hydrogen) atoms.